The molecular formula is C13H18N2O3S2. The van der Waals surface area contributed by atoms with Gasteiger partial charge in [0.05, 0.1) is 24.3 Å². The van der Waals surface area contributed by atoms with E-state index in [0.29, 0.717) is 30.2 Å². The summed E-state index contributed by atoms with van der Waals surface area (Å²) in [7, 11) is -1.36. The molecule has 110 valence electrons. The highest BCUT2D eigenvalue weighted by Crippen LogP contribution is 2.27. The molecule has 0 aliphatic carbocycles. The molecule has 0 saturated carbocycles. The van der Waals surface area contributed by atoms with Gasteiger partial charge < -0.3 is 15.4 Å². The van der Waals surface area contributed by atoms with E-state index in [4.69, 9.17) is 22.7 Å². The third-order valence-electron chi connectivity index (χ3n) is 3.37. The van der Waals surface area contributed by atoms with Crippen molar-refractivity contribution in [3.63, 3.8) is 0 Å². The summed E-state index contributed by atoms with van der Waals surface area (Å²) < 4.78 is 28.6. The van der Waals surface area contributed by atoms with Crippen molar-refractivity contribution >= 4 is 32.7 Å². The van der Waals surface area contributed by atoms with Crippen molar-refractivity contribution in [2.24, 2.45) is 5.73 Å². The van der Waals surface area contributed by atoms with Gasteiger partial charge in [0.25, 0.3) is 0 Å². The van der Waals surface area contributed by atoms with Gasteiger partial charge in [-0.3, -0.25) is 0 Å². The average Bonchev–Trinajstić information content (AvgIpc) is 2.58. The molecule has 20 heavy (non-hydrogen) atoms. The molecule has 1 fully saturated rings. The Kier molecular flexibility index (Phi) is 4.49. The molecule has 5 nitrogen and oxygen atoms in total. The lowest BCUT2D eigenvalue weighted by atomic mass is 10.1. The van der Waals surface area contributed by atoms with Gasteiger partial charge in [-0.2, -0.15) is 0 Å². The highest BCUT2D eigenvalue weighted by atomic mass is 32.2. The average molecular weight is 314 g/mol. The Labute approximate surface area is 124 Å². The van der Waals surface area contributed by atoms with Crippen LogP contribution < -0.4 is 15.4 Å². The van der Waals surface area contributed by atoms with Crippen LogP contribution in [0.2, 0.25) is 0 Å². The van der Waals surface area contributed by atoms with Crippen molar-refractivity contribution in [3.05, 3.63) is 23.8 Å². The zero-order chi connectivity index (χ0) is 14.8. The number of hydrogen-bond donors (Lipinski definition) is 1. The Morgan fingerprint density at radius 2 is 2.10 bits per heavy atom. The van der Waals surface area contributed by atoms with Crippen molar-refractivity contribution in [3.8, 4) is 5.75 Å². The SMILES string of the molecule is COc1ccc(C(N)=S)c(N2CCCS(=O)(=O)CC2)c1. The lowest BCUT2D eigenvalue weighted by Gasteiger charge is -2.25. The Morgan fingerprint density at radius 3 is 2.75 bits per heavy atom. The second-order valence-corrected chi connectivity index (χ2v) is 7.48. The molecule has 2 N–H and O–H groups in total. The number of anilines is 1. The van der Waals surface area contributed by atoms with Crippen LogP contribution in [0.1, 0.15) is 12.0 Å². The molecule has 0 bridgehead atoms. The summed E-state index contributed by atoms with van der Waals surface area (Å²) in [5.74, 6) is 1.09. The molecule has 0 unspecified atom stereocenters. The Morgan fingerprint density at radius 1 is 1.35 bits per heavy atom. The minimum Gasteiger partial charge on any atom is -0.497 e. The van der Waals surface area contributed by atoms with Gasteiger partial charge in [-0.05, 0) is 18.6 Å². The van der Waals surface area contributed by atoms with Gasteiger partial charge in [0, 0.05) is 24.7 Å². The van der Waals surface area contributed by atoms with Gasteiger partial charge in [-0.25, -0.2) is 8.42 Å². The lowest BCUT2D eigenvalue weighted by molar-refractivity contribution is 0.415. The fourth-order valence-corrected chi connectivity index (χ4v) is 3.73. The van der Waals surface area contributed by atoms with Crippen LogP contribution in [0.4, 0.5) is 5.69 Å². The first kappa shape index (κ1) is 15.1. The number of ether oxygens (including phenoxy) is 1. The number of nitrogens with zero attached hydrogens (tertiary/aromatic N) is 1. The maximum atomic E-state index is 11.7. The fraction of sp³-hybridized carbons (Fsp3) is 0.462. The van der Waals surface area contributed by atoms with E-state index in [-0.39, 0.29) is 11.5 Å². The van der Waals surface area contributed by atoms with Crippen molar-refractivity contribution in [2.45, 2.75) is 6.42 Å². The molecule has 1 aliphatic rings. The first-order valence-electron chi connectivity index (χ1n) is 6.36. The molecule has 0 spiro atoms. The molecule has 0 aromatic heterocycles. The Hall–Kier alpha value is -1.34. The first-order valence-corrected chi connectivity index (χ1v) is 8.59. The van der Waals surface area contributed by atoms with Crippen molar-refractivity contribution in [1.82, 2.24) is 0 Å². The molecule has 7 heteroatoms. The molecule has 0 amide bonds. The van der Waals surface area contributed by atoms with Crippen LogP contribution >= 0.6 is 12.2 Å². The Balaban J connectivity index is 2.37. The molecule has 1 heterocycles. The monoisotopic (exact) mass is 314 g/mol. The standard InChI is InChI=1S/C13H18N2O3S2/c1-18-10-3-4-11(13(14)19)12(9-10)15-5-2-7-20(16,17)8-6-15/h3-4,9H,2,5-8H2,1H3,(H2,14,19). The molecule has 1 aliphatic heterocycles. The maximum Gasteiger partial charge on any atom is 0.152 e. The molecule has 1 aromatic rings. The van der Waals surface area contributed by atoms with Gasteiger partial charge in [0.2, 0.25) is 0 Å². The summed E-state index contributed by atoms with van der Waals surface area (Å²) in [6.45, 7) is 1.12. The summed E-state index contributed by atoms with van der Waals surface area (Å²) in [6, 6.07) is 5.47. The highest BCUT2D eigenvalue weighted by Gasteiger charge is 2.21. The van der Waals surface area contributed by atoms with Gasteiger partial charge >= 0.3 is 0 Å². The van der Waals surface area contributed by atoms with Crippen LogP contribution in [-0.2, 0) is 9.84 Å². The molecule has 1 saturated heterocycles. The van der Waals surface area contributed by atoms with E-state index in [1.807, 2.05) is 17.0 Å². The van der Waals surface area contributed by atoms with E-state index in [1.165, 1.54) is 0 Å². The number of methoxy groups -OCH3 is 1. The van der Waals surface area contributed by atoms with Crippen LogP contribution in [-0.4, -0.2) is 45.1 Å². The number of benzene rings is 1. The number of nitrogens with two attached hydrogens (primary N) is 1. The largest absolute Gasteiger partial charge is 0.497 e. The van der Waals surface area contributed by atoms with Gasteiger partial charge in [-0.1, -0.05) is 12.2 Å². The third-order valence-corrected chi connectivity index (χ3v) is 5.30. The van der Waals surface area contributed by atoms with Crippen LogP contribution in [0.3, 0.4) is 0 Å². The zero-order valence-corrected chi connectivity index (χ0v) is 13.0. The number of rotatable bonds is 3. The Bertz CT molecular complexity index is 614. The predicted octanol–water partition coefficient (Wildman–Crippen LogP) is 0.954. The highest BCUT2D eigenvalue weighted by molar-refractivity contribution is 7.91. The van der Waals surface area contributed by atoms with Gasteiger partial charge in [0.15, 0.2) is 9.84 Å². The van der Waals surface area contributed by atoms with Gasteiger partial charge in [0.1, 0.15) is 10.7 Å². The van der Waals surface area contributed by atoms with E-state index in [9.17, 15) is 8.42 Å². The summed E-state index contributed by atoms with van der Waals surface area (Å²) in [6.07, 6.45) is 0.607. The normalized spacial score (nSPS) is 18.4. The first-order chi connectivity index (χ1) is 9.43. The summed E-state index contributed by atoms with van der Waals surface area (Å²) in [4.78, 5) is 2.32. The number of hydrogen-bond acceptors (Lipinski definition) is 5. The summed E-state index contributed by atoms with van der Waals surface area (Å²) >= 11 is 5.07. The van der Waals surface area contributed by atoms with Crippen molar-refractivity contribution in [1.29, 1.82) is 0 Å². The zero-order valence-electron chi connectivity index (χ0n) is 11.3. The van der Waals surface area contributed by atoms with Crippen molar-refractivity contribution in [2.75, 3.05) is 36.6 Å². The molecule has 0 atom stereocenters. The fourth-order valence-electron chi connectivity index (χ4n) is 2.29. The molecular weight excluding hydrogens is 296 g/mol. The van der Waals surface area contributed by atoms with E-state index in [0.717, 1.165) is 11.3 Å². The van der Waals surface area contributed by atoms with Crippen LogP contribution in [0, 0.1) is 0 Å². The van der Waals surface area contributed by atoms with Crippen molar-refractivity contribution < 1.29 is 13.2 Å². The third kappa shape index (κ3) is 3.40. The summed E-state index contributed by atoms with van der Waals surface area (Å²) in [5, 5.41) is 0. The van der Waals surface area contributed by atoms with Crippen LogP contribution in [0.5, 0.6) is 5.75 Å². The number of sulfone groups is 1. The maximum absolute atomic E-state index is 11.7. The van der Waals surface area contributed by atoms with E-state index >= 15 is 0 Å². The van der Waals surface area contributed by atoms with E-state index < -0.39 is 9.84 Å². The molecule has 2 rings (SSSR count). The summed E-state index contributed by atoms with van der Waals surface area (Å²) in [5.41, 5.74) is 7.34. The minimum atomic E-state index is -2.95. The predicted molar refractivity (Wildman–Crippen MR) is 84.4 cm³/mol. The topological polar surface area (TPSA) is 72.6 Å². The van der Waals surface area contributed by atoms with Crippen LogP contribution in [0.15, 0.2) is 18.2 Å². The minimum absolute atomic E-state index is 0.154. The van der Waals surface area contributed by atoms with E-state index in [2.05, 4.69) is 0 Å². The second-order valence-electron chi connectivity index (χ2n) is 4.74. The molecule has 0 radical (unpaired) electrons. The second kappa shape index (κ2) is 5.97. The quantitative estimate of drug-likeness (QED) is 0.838. The van der Waals surface area contributed by atoms with Gasteiger partial charge in [-0.15, -0.1) is 0 Å². The van der Waals surface area contributed by atoms with Crippen LogP contribution in [0.25, 0.3) is 0 Å². The van der Waals surface area contributed by atoms with E-state index in [1.54, 1.807) is 13.2 Å². The lowest BCUT2D eigenvalue weighted by Crippen LogP contribution is -2.29. The molecule has 1 aromatic carbocycles. The smallest absolute Gasteiger partial charge is 0.152 e. The number of thiocarbonyl (C=S) groups is 1.